The van der Waals surface area contributed by atoms with Gasteiger partial charge in [-0.25, -0.2) is 0 Å². The highest BCUT2D eigenvalue weighted by Gasteiger charge is 2.09. The molecule has 1 fully saturated rings. The van der Waals surface area contributed by atoms with Crippen molar-refractivity contribution in [2.24, 2.45) is 0 Å². The van der Waals surface area contributed by atoms with E-state index in [1.165, 1.54) is 0 Å². The van der Waals surface area contributed by atoms with Crippen molar-refractivity contribution in [3.63, 3.8) is 0 Å². The normalized spacial score (nSPS) is 17.4. The SMILES string of the molecule is CCCNC(=S)NCCN1CCOCC1. The van der Waals surface area contributed by atoms with Crippen molar-refractivity contribution in [3.05, 3.63) is 0 Å². The van der Waals surface area contributed by atoms with E-state index < -0.39 is 0 Å². The van der Waals surface area contributed by atoms with Crippen molar-refractivity contribution in [1.29, 1.82) is 0 Å². The predicted molar refractivity (Wildman–Crippen MR) is 66.2 cm³/mol. The lowest BCUT2D eigenvalue weighted by atomic mass is 10.4. The number of morpholine rings is 1. The molecule has 0 aliphatic carbocycles. The first-order chi connectivity index (χ1) is 7.33. The molecule has 15 heavy (non-hydrogen) atoms. The van der Waals surface area contributed by atoms with Gasteiger partial charge in [0.1, 0.15) is 0 Å². The summed E-state index contributed by atoms with van der Waals surface area (Å²) in [6.45, 7) is 8.82. The van der Waals surface area contributed by atoms with Gasteiger partial charge in [-0.1, -0.05) is 6.92 Å². The lowest BCUT2D eigenvalue weighted by Gasteiger charge is -2.26. The molecule has 0 amide bonds. The lowest BCUT2D eigenvalue weighted by molar-refractivity contribution is 0.0389. The van der Waals surface area contributed by atoms with Gasteiger partial charge in [0.15, 0.2) is 5.11 Å². The Morgan fingerprint density at radius 1 is 1.27 bits per heavy atom. The minimum atomic E-state index is 0.769. The van der Waals surface area contributed by atoms with Crippen LogP contribution in [0, 0.1) is 0 Å². The average Bonchev–Trinajstić information content (AvgIpc) is 2.28. The molecule has 0 saturated carbocycles. The number of nitrogens with zero attached hydrogens (tertiary/aromatic N) is 1. The van der Waals surface area contributed by atoms with Crippen molar-refractivity contribution in [2.75, 3.05) is 45.9 Å². The summed E-state index contributed by atoms with van der Waals surface area (Å²) in [5, 5.41) is 7.12. The molecule has 5 heteroatoms. The van der Waals surface area contributed by atoms with Crippen LogP contribution < -0.4 is 10.6 Å². The third-order valence-corrected chi connectivity index (χ3v) is 2.64. The largest absolute Gasteiger partial charge is 0.379 e. The van der Waals surface area contributed by atoms with Gasteiger partial charge in [0.2, 0.25) is 0 Å². The Kier molecular flexibility index (Phi) is 6.63. The van der Waals surface area contributed by atoms with Gasteiger partial charge in [0.25, 0.3) is 0 Å². The number of ether oxygens (including phenoxy) is 1. The Balaban J connectivity index is 1.97. The smallest absolute Gasteiger partial charge is 0.166 e. The molecule has 0 aromatic carbocycles. The van der Waals surface area contributed by atoms with Gasteiger partial charge in [0.05, 0.1) is 13.2 Å². The Hall–Kier alpha value is -0.390. The van der Waals surface area contributed by atoms with Crippen LogP contribution in [0.25, 0.3) is 0 Å². The highest BCUT2D eigenvalue weighted by Crippen LogP contribution is 1.94. The van der Waals surface area contributed by atoms with Crippen LogP contribution in [-0.2, 0) is 4.74 Å². The molecule has 0 aromatic heterocycles. The Morgan fingerprint density at radius 2 is 1.93 bits per heavy atom. The molecule has 2 N–H and O–H groups in total. The second-order valence-corrected chi connectivity index (χ2v) is 4.04. The summed E-state index contributed by atoms with van der Waals surface area (Å²) in [7, 11) is 0. The highest BCUT2D eigenvalue weighted by molar-refractivity contribution is 7.80. The van der Waals surface area contributed by atoms with E-state index in [1.807, 2.05) is 0 Å². The fraction of sp³-hybridized carbons (Fsp3) is 0.900. The quantitative estimate of drug-likeness (QED) is 0.661. The topological polar surface area (TPSA) is 36.5 Å². The molecule has 0 aromatic rings. The molecule has 0 unspecified atom stereocenters. The predicted octanol–water partition coefficient (Wildman–Crippen LogP) is 0.193. The van der Waals surface area contributed by atoms with Crippen LogP contribution in [0.3, 0.4) is 0 Å². The molecule has 0 spiro atoms. The number of thiocarbonyl (C=S) groups is 1. The lowest BCUT2D eigenvalue weighted by Crippen LogP contribution is -2.43. The van der Waals surface area contributed by atoms with Gasteiger partial charge in [-0.05, 0) is 18.6 Å². The molecule has 0 atom stereocenters. The van der Waals surface area contributed by atoms with Gasteiger partial charge in [-0.3, -0.25) is 4.90 Å². The molecule has 0 radical (unpaired) electrons. The van der Waals surface area contributed by atoms with Crippen LogP contribution in [0.5, 0.6) is 0 Å². The zero-order valence-electron chi connectivity index (χ0n) is 9.42. The van der Waals surface area contributed by atoms with E-state index in [0.717, 1.165) is 57.5 Å². The summed E-state index contributed by atoms with van der Waals surface area (Å²) >= 11 is 5.12. The van der Waals surface area contributed by atoms with Crippen LogP contribution in [0.2, 0.25) is 0 Å². The van der Waals surface area contributed by atoms with Crippen LogP contribution in [0.1, 0.15) is 13.3 Å². The molecule has 0 bridgehead atoms. The first-order valence-corrected chi connectivity index (χ1v) is 6.05. The Labute approximate surface area is 97.3 Å². The van der Waals surface area contributed by atoms with E-state index >= 15 is 0 Å². The third kappa shape index (κ3) is 5.92. The summed E-state index contributed by atoms with van der Waals surface area (Å²) < 4.78 is 5.28. The minimum absolute atomic E-state index is 0.769. The summed E-state index contributed by atoms with van der Waals surface area (Å²) in [6, 6.07) is 0. The van der Waals surface area contributed by atoms with Crippen LogP contribution >= 0.6 is 12.2 Å². The summed E-state index contributed by atoms with van der Waals surface area (Å²) in [6.07, 6.45) is 1.10. The van der Waals surface area contributed by atoms with Crippen LogP contribution in [0.15, 0.2) is 0 Å². The second kappa shape index (κ2) is 7.84. The van der Waals surface area contributed by atoms with Gasteiger partial charge < -0.3 is 15.4 Å². The van der Waals surface area contributed by atoms with Crippen molar-refractivity contribution in [3.8, 4) is 0 Å². The fourth-order valence-corrected chi connectivity index (χ4v) is 1.66. The molecule has 1 aliphatic rings. The van der Waals surface area contributed by atoms with Crippen molar-refractivity contribution in [1.82, 2.24) is 15.5 Å². The Morgan fingerprint density at radius 3 is 2.60 bits per heavy atom. The number of hydrogen-bond donors (Lipinski definition) is 2. The van der Waals surface area contributed by atoms with E-state index in [-0.39, 0.29) is 0 Å². The van der Waals surface area contributed by atoms with Crippen LogP contribution in [-0.4, -0.2) is 55.9 Å². The second-order valence-electron chi connectivity index (χ2n) is 3.64. The molecule has 1 rings (SSSR count). The maximum absolute atomic E-state index is 5.28. The van der Waals surface area contributed by atoms with E-state index in [1.54, 1.807) is 0 Å². The van der Waals surface area contributed by atoms with Gasteiger partial charge >= 0.3 is 0 Å². The van der Waals surface area contributed by atoms with E-state index in [4.69, 9.17) is 17.0 Å². The van der Waals surface area contributed by atoms with Crippen molar-refractivity contribution >= 4 is 17.3 Å². The first-order valence-electron chi connectivity index (χ1n) is 5.64. The van der Waals surface area contributed by atoms with E-state index in [0.29, 0.717) is 0 Å². The zero-order valence-corrected chi connectivity index (χ0v) is 10.2. The zero-order chi connectivity index (χ0) is 10.9. The maximum Gasteiger partial charge on any atom is 0.166 e. The molecule has 1 saturated heterocycles. The summed E-state index contributed by atoms with van der Waals surface area (Å²) in [4.78, 5) is 2.39. The molecular formula is C10H21N3OS. The number of nitrogens with one attached hydrogen (secondary N) is 2. The summed E-state index contributed by atoms with van der Waals surface area (Å²) in [5.74, 6) is 0. The average molecular weight is 231 g/mol. The minimum Gasteiger partial charge on any atom is -0.379 e. The van der Waals surface area contributed by atoms with Crippen molar-refractivity contribution in [2.45, 2.75) is 13.3 Å². The molecule has 1 aliphatic heterocycles. The first kappa shape index (κ1) is 12.7. The standard InChI is InChI=1S/C10H21N3OS/c1-2-3-11-10(15)12-4-5-13-6-8-14-9-7-13/h2-9H2,1H3,(H2,11,12,15). The van der Waals surface area contributed by atoms with E-state index in [9.17, 15) is 0 Å². The van der Waals surface area contributed by atoms with Gasteiger partial charge in [-0.2, -0.15) is 0 Å². The third-order valence-electron chi connectivity index (χ3n) is 2.35. The molecule has 1 heterocycles. The number of rotatable bonds is 5. The van der Waals surface area contributed by atoms with E-state index in [2.05, 4.69) is 22.5 Å². The summed E-state index contributed by atoms with van der Waals surface area (Å²) in [5.41, 5.74) is 0. The Bertz CT molecular complexity index is 184. The van der Waals surface area contributed by atoms with Gasteiger partial charge in [-0.15, -0.1) is 0 Å². The number of hydrogen-bond acceptors (Lipinski definition) is 3. The van der Waals surface area contributed by atoms with Crippen LogP contribution in [0.4, 0.5) is 0 Å². The molecule has 4 nitrogen and oxygen atoms in total. The van der Waals surface area contributed by atoms with Crippen molar-refractivity contribution < 1.29 is 4.74 Å². The maximum atomic E-state index is 5.28. The molecular weight excluding hydrogens is 210 g/mol. The van der Waals surface area contributed by atoms with Gasteiger partial charge in [0, 0.05) is 32.7 Å². The highest BCUT2D eigenvalue weighted by atomic mass is 32.1. The molecule has 88 valence electrons. The fourth-order valence-electron chi connectivity index (χ4n) is 1.45. The monoisotopic (exact) mass is 231 g/mol.